The molecule has 1 unspecified atom stereocenters. The van der Waals surface area contributed by atoms with Gasteiger partial charge in [-0.05, 0) is 30.7 Å². The quantitative estimate of drug-likeness (QED) is 0.704. The van der Waals surface area contributed by atoms with Gasteiger partial charge in [-0.1, -0.05) is 35.9 Å². The average Bonchev–Trinajstić information content (AvgIpc) is 2.77. The van der Waals surface area contributed by atoms with Crippen molar-refractivity contribution in [2.45, 2.75) is 12.8 Å². The Kier molecular flexibility index (Phi) is 5.28. The van der Waals surface area contributed by atoms with Crippen molar-refractivity contribution in [3.8, 4) is 0 Å². The first kappa shape index (κ1) is 18.1. The van der Waals surface area contributed by atoms with Crippen LogP contribution in [-0.2, 0) is 4.79 Å². The van der Waals surface area contributed by atoms with Gasteiger partial charge in [-0.25, -0.2) is 9.97 Å². The van der Waals surface area contributed by atoms with E-state index in [9.17, 15) is 4.79 Å². The van der Waals surface area contributed by atoms with Crippen LogP contribution in [0.3, 0.4) is 0 Å². The van der Waals surface area contributed by atoms with Crippen LogP contribution >= 0.6 is 0 Å². The van der Waals surface area contributed by atoms with Crippen LogP contribution in [0.4, 0.5) is 5.95 Å². The van der Waals surface area contributed by atoms with Crippen LogP contribution in [0.1, 0.15) is 22.7 Å². The summed E-state index contributed by atoms with van der Waals surface area (Å²) in [6.45, 7) is 4.78. The number of hydrogen-bond donors (Lipinski definition) is 0. The lowest BCUT2D eigenvalue weighted by molar-refractivity contribution is -0.132. The van der Waals surface area contributed by atoms with Crippen LogP contribution in [0.15, 0.2) is 67.1 Å². The highest BCUT2D eigenvalue weighted by atomic mass is 16.2. The van der Waals surface area contributed by atoms with E-state index in [1.165, 1.54) is 5.56 Å². The van der Waals surface area contributed by atoms with Gasteiger partial charge in [-0.2, -0.15) is 0 Å². The van der Waals surface area contributed by atoms with E-state index in [4.69, 9.17) is 0 Å². The molecule has 0 bridgehead atoms. The molecule has 0 N–H and O–H groups in total. The van der Waals surface area contributed by atoms with Crippen molar-refractivity contribution >= 4 is 11.9 Å². The summed E-state index contributed by atoms with van der Waals surface area (Å²) in [7, 11) is 0. The van der Waals surface area contributed by atoms with Crippen molar-refractivity contribution in [1.82, 2.24) is 19.9 Å². The number of aryl methyl sites for hydroxylation is 1. The van der Waals surface area contributed by atoms with Gasteiger partial charge in [0.1, 0.15) is 5.92 Å². The standard InChI is InChI=1S/C22H23N5O/c1-17-6-8-18(9-7-17)20(19-5-2-3-10-23-19)21(28)26-13-15-27(16-14-26)22-24-11-4-12-25-22/h2-12,20H,13-16H2,1H3. The monoisotopic (exact) mass is 373 g/mol. The van der Waals surface area contributed by atoms with Crippen molar-refractivity contribution in [3.05, 3.63) is 83.9 Å². The molecule has 142 valence electrons. The number of carbonyl (C=O) groups is 1. The fourth-order valence-electron chi connectivity index (χ4n) is 3.51. The van der Waals surface area contributed by atoms with E-state index >= 15 is 0 Å². The molecule has 0 saturated carbocycles. The van der Waals surface area contributed by atoms with Crippen molar-refractivity contribution < 1.29 is 4.79 Å². The zero-order chi connectivity index (χ0) is 19.3. The number of piperazine rings is 1. The van der Waals surface area contributed by atoms with Gasteiger partial charge < -0.3 is 9.80 Å². The lowest BCUT2D eigenvalue weighted by Gasteiger charge is -2.36. The van der Waals surface area contributed by atoms with Gasteiger partial charge in [0.05, 0.1) is 5.69 Å². The fourth-order valence-corrected chi connectivity index (χ4v) is 3.51. The summed E-state index contributed by atoms with van der Waals surface area (Å²) in [5, 5.41) is 0. The third-order valence-electron chi connectivity index (χ3n) is 5.07. The maximum Gasteiger partial charge on any atom is 0.236 e. The van der Waals surface area contributed by atoms with Crippen LogP contribution in [0.2, 0.25) is 0 Å². The van der Waals surface area contributed by atoms with Crippen molar-refractivity contribution in [2.24, 2.45) is 0 Å². The maximum absolute atomic E-state index is 13.5. The Morgan fingerprint density at radius 3 is 2.18 bits per heavy atom. The van der Waals surface area contributed by atoms with Crippen LogP contribution < -0.4 is 4.90 Å². The molecule has 1 aliphatic rings. The summed E-state index contributed by atoms with van der Waals surface area (Å²) >= 11 is 0. The van der Waals surface area contributed by atoms with Crippen molar-refractivity contribution in [3.63, 3.8) is 0 Å². The predicted molar refractivity (Wildman–Crippen MR) is 108 cm³/mol. The van der Waals surface area contributed by atoms with Gasteiger partial charge >= 0.3 is 0 Å². The topological polar surface area (TPSA) is 62.2 Å². The first-order valence-corrected chi connectivity index (χ1v) is 9.50. The minimum Gasteiger partial charge on any atom is -0.338 e. The maximum atomic E-state index is 13.5. The molecular weight excluding hydrogens is 350 g/mol. The Hall–Kier alpha value is -3.28. The highest BCUT2D eigenvalue weighted by Crippen LogP contribution is 2.26. The first-order chi connectivity index (χ1) is 13.7. The number of rotatable bonds is 4. The van der Waals surface area contributed by atoms with Crippen molar-refractivity contribution in [1.29, 1.82) is 0 Å². The third kappa shape index (κ3) is 3.86. The lowest BCUT2D eigenvalue weighted by Crippen LogP contribution is -2.50. The predicted octanol–water partition coefficient (Wildman–Crippen LogP) is 2.66. The van der Waals surface area contributed by atoms with Crippen molar-refractivity contribution in [2.75, 3.05) is 31.1 Å². The molecular formula is C22H23N5O. The zero-order valence-corrected chi connectivity index (χ0v) is 15.9. The average molecular weight is 373 g/mol. The molecule has 1 aliphatic heterocycles. The molecule has 1 fully saturated rings. The molecule has 1 atom stereocenters. The third-order valence-corrected chi connectivity index (χ3v) is 5.07. The highest BCUT2D eigenvalue weighted by molar-refractivity contribution is 5.87. The molecule has 1 amide bonds. The Bertz CT molecular complexity index is 907. The van der Waals surface area contributed by atoms with E-state index in [2.05, 4.69) is 19.9 Å². The minimum atomic E-state index is -0.388. The summed E-state index contributed by atoms with van der Waals surface area (Å²) in [5.74, 6) is 0.423. The number of anilines is 1. The van der Waals surface area contributed by atoms with E-state index in [0.29, 0.717) is 13.1 Å². The highest BCUT2D eigenvalue weighted by Gasteiger charge is 2.31. The van der Waals surface area contributed by atoms with Gasteiger partial charge in [-0.3, -0.25) is 9.78 Å². The molecule has 0 spiro atoms. The second-order valence-corrected chi connectivity index (χ2v) is 6.96. The summed E-state index contributed by atoms with van der Waals surface area (Å²) < 4.78 is 0. The molecule has 6 nitrogen and oxygen atoms in total. The number of benzene rings is 1. The summed E-state index contributed by atoms with van der Waals surface area (Å²) in [5.41, 5.74) is 2.93. The number of aromatic nitrogens is 3. The number of pyridine rings is 1. The zero-order valence-electron chi connectivity index (χ0n) is 15.9. The summed E-state index contributed by atoms with van der Waals surface area (Å²) in [6, 6.07) is 15.7. The van der Waals surface area contributed by atoms with Gasteiger partial charge in [0.15, 0.2) is 0 Å². The largest absolute Gasteiger partial charge is 0.338 e. The van der Waals surface area contributed by atoms with Crippen LogP contribution in [0, 0.1) is 6.92 Å². The Morgan fingerprint density at radius 2 is 1.54 bits per heavy atom. The van der Waals surface area contributed by atoms with Gasteiger partial charge in [0.25, 0.3) is 0 Å². The van der Waals surface area contributed by atoms with Crippen LogP contribution in [0.5, 0.6) is 0 Å². The molecule has 2 aromatic heterocycles. The molecule has 3 aromatic rings. The molecule has 1 aromatic carbocycles. The first-order valence-electron chi connectivity index (χ1n) is 9.50. The number of nitrogens with zero attached hydrogens (tertiary/aromatic N) is 5. The number of hydrogen-bond acceptors (Lipinski definition) is 5. The second-order valence-electron chi connectivity index (χ2n) is 6.96. The second kappa shape index (κ2) is 8.17. The molecule has 6 heteroatoms. The lowest BCUT2D eigenvalue weighted by atomic mass is 9.92. The molecule has 0 radical (unpaired) electrons. The summed E-state index contributed by atoms with van der Waals surface area (Å²) in [6.07, 6.45) is 5.23. The Balaban J connectivity index is 1.54. The molecule has 1 saturated heterocycles. The van der Waals surface area contributed by atoms with Gasteiger partial charge in [0, 0.05) is 44.8 Å². The smallest absolute Gasteiger partial charge is 0.236 e. The SMILES string of the molecule is Cc1ccc(C(C(=O)N2CCN(c3ncccn3)CC2)c2ccccn2)cc1. The van der Waals surface area contributed by atoms with Gasteiger partial charge in [0.2, 0.25) is 11.9 Å². The van der Waals surface area contributed by atoms with E-state index in [1.54, 1.807) is 18.6 Å². The van der Waals surface area contributed by atoms with E-state index < -0.39 is 0 Å². The normalized spacial score (nSPS) is 15.3. The van der Waals surface area contributed by atoms with Gasteiger partial charge in [-0.15, -0.1) is 0 Å². The Labute approximate surface area is 164 Å². The molecule has 28 heavy (non-hydrogen) atoms. The number of carbonyl (C=O) groups excluding carboxylic acids is 1. The summed E-state index contributed by atoms with van der Waals surface area (Å²) in [4.78, 5) is 30.6. The van der Waals surface area contributed by atoms with E-state index in [0.717, 1.165) is 30.3 Å². The molecule has 4 rings (SSSR count). The molecule has 0 aliphatic carbocycles. The number of amides is 1. The van der Waals surface area contributed by atoms with Crippen LogP contribution in [-0.4, -0.2) is 51.9 Å². The fraction of sp³-hybridized carbons (Fsp3) is 0.273. The molecule has 3 heterocycles. The van der Waals surface area contributed by atoms with Crippen LogP contribution in [0.25, 0.3) is 0 Å². The van der Waals surface area contributed by atoms with E-state index in [1.807, 2.05) is 60.4 Å². The Morgan fingerprint density at radius 1 is 0.857 bits per heavy atom. The van der Waals surface area contributed by atoms with E-state index in [-0.39, 0.29) is 11.8 Å². The minimum absolute atomic E-state index is 0.0937.